The van der Waals surface area contributed by atoms with Crippen LogP contribution in [-0.4, -0.2) is 32.4 Å². The molecular weight excluding hydrogens is 651 g/mol. The molecule has 0 spiro atoms. The van der Waals surface area contributed by atoms with Gasteiger partial charge in [-0.05, 0) is 54.5 Å². The summed E-state index contributed by atoms with van der Waals surface area (Å²) in [6.45, 7) is 4.12. The minimum Gasteiger partial charge on any atom is -0.481 e. The zero-order valence-electron chi connectivity index (χ0n) is 21.8. The summed E-state index contributed by atoms with van der Waals surface area (Å²) in [7, 11) is 0. The Kier molecular flexibility index (Phi) is 12.0. The number of alkyl halides is 1. The summed E-state index contributed by atoms with van der Waals surface area (Å²) in [5.41, 5.74) is 2.93. The highest BCUT2D eigenvalue weighted by molar-refractivity contribution is 14.1. The fourth-order valence-corrected chi connectivity index (χ4v) is 5.51. The monoisotopic (exact) mass is 682 g/mol. The molecule has 2 atom stereocenters. The van der Waals surface area contributed by atoms with Gasteiger partial charge < -0.3 is 21.1 Å². The predicted octanol–water partition coefficient (Wildman–Crippen LogP) is 6.88. The molecule has 0 radical (unpaired) electrons. The van der Waals surface area contributed by atoms with Crippen LogP contribution in [0.5, 0.6) is 0 Å². The average molecular weight is 683 g/mol. The van der Waals surface area contributed by atoms with Crippen molar-refractivity contribution in [2.24, 2.45) is 5.92 Å². The minimum atomic E-state index is -0.846. The second-order valence-electron chi connectivity index (χ2n) is 9.25. The highest BCUT2D eigenvalue weighted by Crippen LogP contribution is 2.28. The van der Waals surface area contributed by atoms with Gasteiger partial charge in [0.15, 0.2) is 0 Å². The maximum atomic E-state index is 12.9. The Bertz CT molecular complexity index is 1280. The molecule has 0 aliphatic carbocycles. The summed E-state index contributed by atoms with van der Waals surface area (Å²) in [6, 6.07) is 12.0. The van der Waals surface area contributed by atoms with Gasteiger partial charge in [0, 0.05) is 21.2 Å². The van der Waals surface area contributed by atoms with Crippen molar-refractivity contribution >= 4 is 74.8 Å². The van der Waals surface area contributed by atoms with Crippen LogP contribution in [-0.2, 0) is 28.9 Å². The Hall–Kier alpha value is -2.70. The molecule has 1 aromatic heterocycles. The first-order valence-electron chi connectivity index (χ1n) is 12.6. The number of nitrogens with zero attached hydrogens (tertiary/aromatic N) is 1. The van der Waals surface area contributed by atoms with Crippen LogP contribution in [0.1, 0.15) is 53.7 Å². The topological polar surface area (TPSA) is 120 Å². The maximum absolute atomic E-state index is 12.9. The van der Waals surface area contributed by atoms with Crippen molar-refractivity contribution in [3.8, 4) is 0 Å². The van der Waals surface area contributed by atoms with E-state index < -0.39 is 12.0 Å². The Morgan fingerprint density at radius 3 is 2.54 bits per heavy atom. The number of amides is 3. The Balaban J connectivity index is 1.59. The Morgan fingerprint density at radius 2 is 1.87 bits per heavy atom. The molecule has 2 unspecified atom stereocenters. The van der Waals surface area contributed by atoms with E-state index in [1.165, 1.54) is 11.3 Å². The minimum absolute atomic E-state index is 0.0507. The van der Waals surface area contributed by atoms with Crippen molar-refractivity contribution in [3.63, 3.8) is 0 Å². The molecule has 0 bridgehead atoms. The zero-order chi connectivity index (χ0) is 28.4. The summed E-state index contributed by atoms with van der Waals surface area (Å²) in [4.78, 5) is 41.7. The number of benzene rings is 2. The van der Waals surface area contributed by atoms with E-state index in [0.29, 0.717) is 28.7 Å². The van der Waals surface area contributed by atoms with E-state index in [1.54, 1.807) is 36.5 Å². The van der Waals surface area contributed by atoms with Gasteiger partial charge in [0.25, 0.3) is 0 Å². The largest absolute Gasteiger partial charge is 0.481 e. The van der Waals surface area contributed by atoms with Gasteiger partial charge in [0.2, 0.25) is 5.91 Å². The summed E-state index contributed by atoms with van der Waals surface area (Å²) in [5, 5.41) is 18.9. The highest BCUT2D eigenvalue weighted by atomic mass is 127. The predicted molar refractivity (Wildman–Crippen MR) is 165 cm³/mol. The summed E-state index contributed by atoms with van der Waals surface area (Å²) in [5.74, 6) is -0.605. The molecule has 0 saturated heterocycles. The number of carbonyl (C=O) groups excluding carboxylic acids is 2. The molecule has 3 aromatic rings. The first kappa shape index (κ1) is 30.8. The smallest absolute Gasteiger partial charge is 0.323 e. The van der Waals surface area contributed by atoms with Crippen LogP contribution >= 0.6 is 45.5 Å². The first-order chi connectivity index (χ1) is 18.7. The molecule has 39 heavy (non-hydrogen) atoms. The van der Waals surface area contributed by atoms with Crippen molar-refractivity contribution in [1.29, 1.82) is 0 Å². The lowest BCUT2D eigenvalue weighted by atomic mass is 10.0. The van der Waals surface area contributed by atoms with Gasteiger partial charge in [-0.15, -0.1) is 11.3 Å². The lowest BCUT2D eigenvalue weighted by Gasteiger charge is -2.19. The SMILES string of the molecule is CCc1cccc(Cl)c1NC(=O)Nc1ccc(CC(=O)NC(CC(C)CI)c2ncc(CCC(=O)O)s2)cc1. The Labute approximate surface area is 251 Å². The molecule has 4 N–H and O–H groups in total. The van der Waals surface area contributed by atoms with E-state index in [4.69, 9.17) is 16.7 Å². The number of thiazole rings is 1. The molecule has 0 saturated carbocycles. The van der Waals surface area contributed by atoms with E-state index in [2.05, 4.69) is 50.4 Å². The second-order valence-corrected chi connectivity index (χ2v) is 11.7. The van der Waals surface area contributed by atoms with E-state index in [-0.39, 0.29) is 24.8 Å². The number of hydrogen-bond acceptors (Lipinski definition) is 5. The van der Waals surface area contributed by atoms with Crippen molar-refractivity contribution in [3.05, 3.63) is 74.7 Å². The molecule has 3 rings (SSSR count). The van der Waals surface area contributed by atoms with Crippen molar-refractivity contribution in [2.45, 2.75) is 52.0 Å². The molecule has 208 valence electrons. The Morgan fingerprint density at radius 1 is 1.13 bits per heavy atom. The molecular formula is C28H32ClIN4O4S. The van der Waals surface area contributed by atoms with Gasteiger partial charge in [-0.25, -0.2) is 9.78 Å². The lowest BCUT2D eigenvalue weighted by Crippen LogP contribution is -2.31. The standard InChI is InChI=1S/C28H32ClIN4O4S/c1-3-19-5-4-6-22(29)26(19)34-28(38)32-20-9-7-18(8-10-20)14-24(35)33-23(13-17(2)15-30)27-31-16-21(39-27)11-12-25(36)37/h4-10,16-17,23H,3,11-15H2,1-2H3,(H,33,35)(H,36,37)(H2,32,34,38). The van der Waals surface area contributed by atoms with Gasteiger partial charge in [0.1, 0.15) is 5.01 Å². The van der Waals surface area contributed by atoms with Gasteiger partial charge >= 0.3 is 12.0 Å². The van der Waals surface area contributed by atoms with Gasteiger partial charge in [-0.3, -0.25) is 9.59 Å². The van der Waals surface area contributed by atoms with Crippen LogP contribution < -0.4 is 16.0 Å². The number of aliphatic carboxylic acids is 1. The number of hydrogen-bond donors (Lipinski definition) is 4. The molecule has 0 aliphatic heterocycles. The zero-order valence-corrected chi connectivity index (χ0v) is 25.5. The molecule has 3 amide bonds. The number of anilines is 2. The van der Waals surface area contributed by atoms with E-state index in [0.717, 1.165) is 38.3 Å². The third kappa shape index (κ3) is 9.77. The molecule has 11 heteroatoms. The van der Waals surface area contributed by atoms with Gasteiger partial charge in [0.05, 0.1) is 29.6 Å². The van der Waals surface area contributed by atoms with E-state index in [9.17, 15) is 14.4 Å². The van der Waals surface area contributed by atoms with Crippen LogP contribution in [0.3, 0.4) is 0 Å². The molecule has 0 fully saturated rings. The quantitative estimate of drug-likeness (QED) is 0.116. The van der Waals surface area contributed by atoms with Crippen molar-refractivity contribution in [2.75, 3.05) is 15.1 Å². The summed E-state index contributed by atoms with van der Waals surface area (Å²) in [6.07, 6.45) is 3.83. The highest BCUT2D eigenvalue weighted by Gasteiger charge is 2.21. The number of carbonyl (C=O) groups is 3. The number of halogens is 2. The first-order valence-corrected chi connectivity index (χ1v) is 15.4. The molecule has 8 nitrogen and oxygen atoms in total. The number of carboxylic acid groups (broad SMARTS) is 1. The van der Waals surface area contributed by atoms with E-state index in [1.807, 2.05) is 19.1 Å². The van der Waals surface area contributed by atoms with Gasteiger partial charge in [-0.2, -0.15) is 0 Å². The van der Waals surface area contributed by atoms with Crippen LogP contribution in [0.4, 0.5) is 16.2 Å². The number of aromatic nitrogens is 1. The molecule has 0 aliphatic rings. The second kappa shape index (κ2) is 15.2. The lowest BCUT2D eigenvalue weighted by molar-refractivity contribution is -0.137. The number of rotatable bonds is 13. The third-order valence-electron chi connectivity index (χ3n) is 5.99. The fourth-order valence-electron chi connectivity index (χ4n) is 3.93. The number of carboxylic acids is 1. The maximum Gasteiger partial charge on any atom is 0.323 e. The van der Waals surface area contributed by atoms with E-state index >= 15 is 0 Å². The van der Waals surface area contributed by atoms with Gasteiger partial charge in [-0.1, -0.05) is 72.3 Å². The molecule has 2 aromatic carbocycles. The van der Waals surface area contributed by atoms with Crippen LogP contribution in [0, 0.1) is 5.92 Å². The van der Waals surface area contributed by atoms with Crippen LogP contribution in [0.25, 0.3) is 0 Å². The molecule has 1 heterocycles. The normalized spacial score (nSPS) is 12.4. The van der Waals surface area contributed by atoms with Crippen molar-refractivity contribution in [1.82, 2.24) is 10.3 Å². The number of aryl methyl sites for hydroxylation is 2. The third-order valence-corrected chi connectivity index (χ3v) is 8.98. The fraction of sp³-hybridized carbons (Fsp3) is 0.357. The summed E-state index contributed by atoms with van der Waals surface area (Å²) < 4.78 is 0.944. The number of para-hydroxylation sites is 1. The average Bonchev–Trinajstić information content (AvgIpc) is 3.38. The number of nitrogens with one attached hydrogen (secondary N) is 3. The van der Waals surface area contributed by atoms with Crippen LogP contribution in [0.15, 0.2) is 48.7 Å². The summed E-state index contributed by atoms with van der Waals surface area (Å²) >= 11 is 10.0. The van der Waals surface area contributed by atoms with Crippen molar-refractivity contribution < 1.29 is 19.5 Å². The van der Waals surface area contributed by atoms with Crippen LogP contribution in [0.2, 0.25) is 5.02 Å². The number of urea groups is 1.